The van der Waals surface area contributed by atoms with E-state index in [1.165, 1.54) is 9.58 Å². The summed E-state index contributed by atoms with van der Waals surface area (Å²) in [5.74, 6) is -0.253. The van der Waals surface area contributed by atoms with Crippen molar-refractivity contribution < 1.29 is 9.90 Å². The van der Waals surface area contributed by atoms with Crippen LogP contribution in [0.15, 0.2) is 29.1 Å². The van der Waals surface area contributed by atoms with Crippen molar-refractivity contribution in [1.82, 2.24) is 14.7 Å². The van der Waals surface area contributed by atoms with Crippen molar-refractivity contribution in [2.24, 2.45) is 0 Å². The molecule has 1 aromatic carbocycles. The zero-order valence-electron chi connectivity index (χ0n) is 14.0. The first-order valence-electron chi connectivity index (χ1n) is 7.78. The van der Waals surface area contributed by atoms with Crippen molar-refractivity contribution >= 4 is 16.7 Å². The number of hydrogen-bond acceptors (Lipinski definition) is 4. The minimum Gasteiger partial charge on any atom is -0.393 e. The number of hydrogen-bond donors (Lipinski definition) is 1. The maximum Gasteiger partial charge on any atom is 0.274 e. The van der Waals surface area contributed by atoms with Crippen molar-refractivity contribution in [3.05, 3.63) is 40.3 Å². The lowest BCUT2D eigenvalue weighted by atomic mass is 10.1. The van der Waals surface area contributed by atoms with E-state index in [9.17, 15) is 14.7 Å². The first-order valence-corrected chi connectivity index (χ1v) is 7.78. The molecular weight excluding hydrogens is 294 g/mol. The van der Waals surface area contributed by atoms with E-state index in [-0.39, 0.29) is 23.2 Å². The zero-order valence-corrected chi connectivity index (χ0v) is 14.0. The van der Waals surface area contributed by atoms with E-state index in [0.717, 1.165) is 0 Å². The second-order valence-corrected chi connectivity index (χ2v) is 6.10. The highest BCUT2D eigenvalue weighted by Crippen LogP contribution is 2.16. The number of aliphatic hydroxyl groups is 1. The summed E-state index contributed by atoms with van der Waals surface area (Å²) in [5.41, 5.74) is 0.0702. The van der Waals surface area contributed by atoms with Crippen molar-refractivity contribution in [3.63, 3.8) is 0 Å². The molecule has 23 heavy (non-hydrogen) atoms. The molecule has 1 unspecified atom stereocenters. The van der Waals surface area contributed by atoms with Crippen LogP contribution in [0.25, 0.3) is 10.8 Å². The van der Waals surface area contributed by atoms with Crippen LogP contribution < -0.4 is 5.56 Å². The van der Waals surface area contributed by atoms with Gasteiger partial charge in [0.25, 0.3) is 11.5 Å². The summed E-state index contributed by atoms with van der Waals surface area (Å²) in [4.78, 5) is 26.7. The van der Waals surface area contributed by atoms with Gasteiger partial charge in [0.15, 0.2) is 5.69 Å². The topological polar surface area (TPSA) is 75.4 Å². The number of aliphatic hydroxyl groups excluding tert-OH is 1. The first kappa shape index (κ1) is 17.1. The van der Waals surface area contributed by atoms with Gasteiger partial charge in [-0.2, -0.15) is 5.10 Å². The van der Waals surface area contributed by atoms with Crippen LogP contribution in [-0.4, -0.2) is 45.4 Å². The Kier molecular flexibility index (Phi) is 5.15. The molecule has 2 rings (SSSR count). The van der Waals surface area contributed by atoms with Crippen molar-refractivity contribution in [3.8, 4) is 0 Å². The van der Waals surface area contributed by atoms with Gasteiger partial charge in [-0.1, -0.05) is 18.2 Å². The summed E-state index contributed by atoms with van der Waals surface area (Å²) in [6.07, 6.45) is 0.0175. The Labute approximate surface area is 135 Å². The van der Waals surface area contributed by atoms with Crippen LogP contribution in [0.4, 0.5) is 0 Å². The lowest BCUT2D eigenvalue weighted by molar-refractivity contribution is 0.0762. The molecule has 1 heterocycles. The molecule has 1 N–H and O–H groups in total. The van der Waals surface area contributed by atoms with Gasteiger partial charge >= 0.3 is 0 Å². The molecule has 1 aromatic heterocycles. The molecule has 1 atom stereocenters. The summed E-state index contributed by atoms with van der Waals surface area (Å²) < 4.78 is 1.35. The fraction of sp³-hybridized carbons (Fsp3) is 0.471. The monoisotopic (exact) mass is 317 g/mol. The highest BCUT2D eigenvalue weighted by atomic mass is 16.3. The highest BCUT2D eigenvalue weighted by molar-refractivity contribution is 6.04. The van der Waals surface area contributed by atoms with Gasteiger partial charge in [0.1, 0.15) is 0 Å². The molecule has 0 saturated carbocycles. The maximum atomic E-state index is 12.7. The number of carbonyl (C=O) groups is 1. The minimum atomic E-state index is -0.473. The second-order valence-electron chi connectivity index (χ2n) is 6.10. The molecule has 2 aromatic rings. The largest absolute Gasteiger partial charge is 0.393 e. The van der Waals surface area contributed by atoms with E-state index >= 15 is 0 Å². The van der Waals surface area contributed by atoms with Gasteiger partial charge in [0, 0.05) is 19.0 Å². The number of aromatic nitrogens is 2. The van der Waals surface area contributed by atoms with Crippen molar-refractivity contribution in [2.75, 3.05) is 13.6 Å². The standard InChI is InChI=1S/C17H23N3O3/c1-11(2)20-16(22)14-8-6-5-7-13(14)15(18-20)17(23)19(4)10-9-12(3)21/h5-8,11-12,21H,9-10H2,1-4H3. The number of benzene rings is 1. The van der Waals surface area contributed by atoms with Gasteiger partial charge in [0.2, 0.25) is 0 Å². The van der Waals surface area contributed by atoms with Crippen LogP contribution in [0.1, 0.15) is 43.7 Å². The Balaban J connectivity index is 2.53. The molecule has 6 heteroatoms. The Morgan fingerprint density at radius 3 is 2.43 bits per heavy atom. The summed E-state index contributed by atoms with van der Waals surface area (Å²) >= 11 is 0. The summed E-state index contributed by atoms with van der Waals surface area (Å²) in [6.45, 7) is 5.82. The third-order valence-corrected chi connectivity index (χ3v) is 3.75. The van der Waals surface area contributed by atoms with Crippen LogP contribution >= 0.6 is 0 Å². The average Bonchev–Trinajstić information content (AvgIpc) is 2.52. The van der Waals surface area contributed by atoms with Crippen LogP contribution in [0.3, 0.4) is 0 Å². The Bertz CT molecular complexity index is 765. The fourth-order valence-corrected chi connectivity index (χ4v) is 2.38. The first-order chi connectivity index (χ1) is 10.8. The molecule has 0 saturated heterocycles. The van der Waals surface area contributed by atoms with Gasteiger partial charge in [-0.3, -0.25) is 9.59 Å². The van der Waals surface area contributed by atoms with Crippen LogP contribution in [-0.2, 0) is 0 Å². The third kappa shape index (κ3) is 3.59. The molecule has 0 fully saturated rings. The molecule has 0 aliphatic carbocycles. The predicted octanol–water partition coefficient (Wildman–Crippen LogP) is 1.82. The average molecular weight is 317 g/mol. The third-order valence-electron chi connectivity index (χ3n) is 3.75. The number of carbonyl (C=O) groups excluding carboxylic acids is 1. The smallest absolute Gasteiger partial charge is 0.274 e. The van der Waals surface area contributed by atoms with Crippen LogP contribution in [0.2, 0.25) is 0 Å². The zero-order chi connectivity index (χ0) is 17.1. The van der Waals surface area contributed by atoms with Gasteiger partial charge in [0.05, 0.1) is 17.5 Å². The molecule has 0 radical (unpaired) electrons. The van der Waals surface area contributed by atoms with Gasteiger partial charge < -0.3 is 10.0 Å². The molecule has 124 valence electrons. The second kappa shape index (κ2) is 6.91. The summed E-state index contributed by atoms with van der Waals surface area (Å²) in [6, 6.07) is 6.88. The number of nitrogens with zero attached hydrogens (tertiary/aromatic N) is 3. The van der Waals surface area contributed by atoms with E-state index in [0.29, 0.717) is 23.7 Å². The molecule has 0 spiro atoms. The van der Waals surface area contributed by atoms with Crippen molar-refractivity contribution in [2.45, 2.75) is 39.3 Å². The molecule has 6 nitrogen and oxygen atoms in total. The number of rotatable bonds is 5. The normalized spacial score (nSPS) is 12.6. The van der Waals surface area contributed by atoms with Gasteiger partial charge in [-0.15, -0.1) is 0 Å². The van der Waals surface area contributed by atoms with Crippen molar-refractivity contribution in [1.29, 1.82) is 0 Å². The van der Waals surface area contributed by atoms with E-state index in [2.05, 4.69) is 5.10 Å². The molecule has 0 aliphatic rings. The molecule has 1 amide bonds. The molecule has 0 aliphatic heterocycles. The SMILES string of the molecule is CC(O)CCN(C)C(=O)c1nn(C(C)C)c(=O)c2ccccc12. The van der Waals surface area contributed by atoms with Crippen LogP contribution in [0.5, 0.6) is 0 Å². The lowest BCUT2D eigenvalue weighted by Gasteiger charge is -2.19. The fourth-order valence-electron chi connectivity index (χ4n) is 2.38. The quantitative estimate of drug-likeness (QED) is 0.913. The Morgan fingerprint density at radius 2 is 1.87 bits per heavy atom. The van der Waals surface area contributed by atoms with E-state index in [1.807, 2.05) is 13.8 Å². The minimum absolute atomic E-state index is 0.138. The van der Waals surface area contributed by atoms with Gasteiger partial charge in [-0.05, 0) is 33.3 Å². The Morgan fingerprint density at radius 1 is 1.26 bits per heavy atom. The van der Waals surface area contributed by atoms with E-state index < -0.39 is 6.10 Å². The van der Waals surface area contributed by atoms with E-state index in [1.54, 1.807) is 38.2 Å². The molecule has 0 bridgehead atoms. The lowest BCUT2D eigenvalue weighted by Crippen LogP contribution is -2.34. The van der Waals surface area contributed by atoms with Gasteiger partial charge in [-0.25, -0.2) is 4.68 Å². The van der Waals surface area contributed by atoms with Crippen LogP contribution in [0, 0.1) is 0 Å². The highest BCUT2D eigenvalue weighted by Gasteiger charge is 2.20. The van der Waals surface area contributed by atoms with E-state index in [4.69, 9.17) is 0 Å². The summed E-state index contributed by atoms with van der Waals surface area (Å²) in [7, 11) is 1.67. The maximum absolute atomic E-state index is 12.7. The Hall–Kier alpha value is -2.21. The predicted molar refractivity (Wildman–Crippen MR) is 89.6 cm³/mol. The summed E-state index contributed by atoms with van der Waals surface area (Å²) in [5, 5.41) is 14.7. The number of fused-ring (bicyclic) bond motifs is 1. The number of amides is 1. The molecular formula is C17H23N3O3.